The molecule has 0 aliphatic carbocycles. The van der Waals surface area contributed by atoms with E-state index < -0.39 is 23.8 Å². The van der Waals surface area contributed by atoms with Crippen LogP contribution >= 0.6 is 0 Å². The van der Waals surface area contributed by atoms with E-state index in [1.165, 1.54) is 4.90 Å². The molecule has 0 heterocycles. The lowest BCUT2D eigenvalue weighted by molar-refractivity contribution is -0.140. The van der Waals surface area contributed by atoms with Crippen molar-refractivity contribution in [2.75, 3.05) is 11.9 Å². The van der Waals surface area contributed by atoms with E-state index in [-0.39, 0.29) is 18.4 Å². The van der Waals surface area contributed by atoms with Crippen molar-refractivity contribution in [2.45, 2.75) is 66.2 Å². The Hall–Kier alpha value is -3.87. The van der Waals surface area contributed by atoms with E-state index in [0.29, 0.717) is 5.69 Å². The number of rotatable bonds is 7. The fraction of sp³-hybridized carbons (Fsp3) is 0.367. The lowest BCUT2D eigenvalue weighted by Gasteiger charge is -2.33. The second-order valence-electron chi connectivity index (χ2n) is 10.2. The minimum Gasteiger partial charge on any atom is -0.444 e. The van der Waals surface area contributed by atoms with Crippen LogP contribution in [-0.2, 0) is 14.3 Å². The van der Waals surface area contributed by atoms with Gasteiger partial charge < -0.3 is 20.3 Å². The maximum absolute atomic E-state index is 13.8. The summed E-state index contributed by atoms with van der Waals surface area (Å²) in [4.78, 5) is 41.2. The number of aryl methyl sites for hydroxylation is 1. The predicted molar refractivity (Wildman–Crippen MR) is 147 cm³/mol. The molecular weight excluding hydrogens is 466 g/mol. The van der Waals surface area contributed by atoms with Gasteiger partial charge in [0.2, 0.25) is 5.91 Å². The summed E-state index contributed by atoms with van der Waals surface area (Å²) in [5.41, 5.74) is 2.63. The van der Waals surface area contributed by atoms with Gasteiger partial charge in [0.15, 0.2) is 0 Å². The molecule has 0 saturated carbocycles. The molecule has 7 nitrogen and oxygen atoms in total. The molecule has 3 amide bonds. The Morgan fingerprint density at radius 2 is 1.62 bits per heavy atom. The molecule has 2 N–H and O–H groups in total. The molecule has 0 aliphatic rings. The summed E-state index contributed by atoms with van der Waals surface area (Å²) in [6, 6.07) is 17.6. The summed E-state index contributed by atoms with van der Waals surface area (Å²) in [5, 5.41) is 7.69. The van der Waals surface area contributed by atoms with Crippen LogP contribution < -0.4 is 10.6 Å². The highest BCUT2D eigenvalue weighted by molar-refractivity contribution is 6.00. The summed E-state index contributed by atoms with van der Waals surface area (Å²) in [6.07, 6.45) is -0.687. The van der Waals surface area contributed by atoms with E-state index in [1.54, 1.807) is 27.7 Å². The zero-order valence-corrected chi connectivity index (χ0v) is 22.7. The number of likely N-dealkylation sites (N-methyl/N-ethyl adjacent to an activating group) is 1. The number of amides is 3. The topological polar surface area (TPSA) is 87.7 Å². The van der Waals surface area contributed by atoms with Crippen molar-refractivity contribution in [3.63, 3.8) is 0 Å². The summed E-state index contributed by atoms with van der Waals surface area (Å²) < 4.78 is 5.31. The monoisotopic (exact) mass is 503 g/mol. The van der Waals surface area contributed by atoms with E-state index in [0.717, 1.165) is 27.5 Å². The molecule has 0 spiro atoms. The van der Waals surface area contributed by atoms with Crippen LogP contribution in [0.1, 0.15) is 57.4 Å². The van der Waals surface area contributed by atoms with Gasteiger partial charge in [-0.15, -0.1) is 0 Å². The Balaban J connectivity index is 1.94. The summed E-state index contributed by atoms with van der Waals surface area (Å²) in [5.74, 6) is -0.712. The molecule has 0 aliphatic heterocycles. The molecule has 2 unspecified atom stereocenters. The maximum Gasteiger partial charge on any atom is 0.408 e. The number of hydrogen-bond acceptors (Lipinski definition) is 4. The average Bonchev–Trinajstić information content (AvgIpc) is 2.82. The number of nitrogens with zero attached hydrogens (tertiary/aromatic N) is 1. The SMILES string of the molecule is CCN(C(=O)C(C)NC(=O)OC(C)(C)C)C(C(=O)Nc1ccc2ccccc2c1)c1cccc(C)c1C. The molecular formula is C30H37N3O4. The van der Waals surface area contributed by atoms with Crippen LogP contribution in [0.2, 0.25) is 0 Å². The van der Waals surface area contributed by atoms with Gasteiger partial charge in [-0.25, -0.2) is 4.79 Å². The number of benzene rings is 3. The van der Waals surface area contributed by atoms with Crippen LogP contribution in [0.25, 0.3) is 10.8 Å². The summed E-state index contributed by atoms with van der Waals surface area (Å²) in [6.45, 7) is 12.9. The highest BCUT2D eigenvalue weighted by atomic mass is 16.6. The standard InChI is InChI=1S/C30H37N3O4/c1-8-33(28(35)21(4)31-29(36)37-30(5,6)7)26(25-15-11-12-19(2)20(25)3)27(34)32-24-17-16-22-13-9-10-14-23(22)18-24/h9-18,21,26H,8H2,1-7H3,(H,31,36)(H,32,34). The van der Waals surface area contributed by atoms with Gasteiger partial charge in [-0.1, -0.05) is 48.5 Å². The summed E-state index contributed by atoms with van der Waals surface area (Å²) in [7, 11) is 0. The molecule has 3 rings (SSSR count). The molecule has 0 radical (unpaired) electrons. The molecule has 3 aromatic carbocycles. The average molecular weight is 504 g/mol. The second-order valence-corrected chi connectivity index (χ2v) is 10.2. The Morgan fingerprint density at radius 3 is 2.27 bits per heavy atom. The second kappa shape index (κ2) is 11.5. The number of ether oxygens (including phenoxy) is 1. The maximum atomic E-state index is 13.8. The Bertz CT molecular complexity index is 1300. The van der Waals surface area contributed by atoms with Gasteiger partial charge in [-0.2, -0.15) is 0 Å². The third kappa shape index (κ3) is 6.88. The Labute approximate surface area is 219 Å². The zero-order chi connectivity index (χ0) is 27.3. The van der Waals surface area contributed by atoms with Crippen LogP contribution in [0.15, 0.2) is 60.7 Å². The van der Waals surface area contributed by atoms with E-state index >= 15 is 0 Å². The van der Waals surface area contributed by atoms with Gasteiger partial charge in [0, 0.05) is 12.2 Å². The molecule has 0 saturated heterocycles. The highest BCUT2D eigenvalue weighted by Gasteiger charge is 2.35. The fourth-order valence-electron chi connectivity index (χ4n) is 4.26. The predicted octanol–water partition coefficient (Wildman–Crippen LogP) is 5.90. The van der Waals surface area contributed by atoms with Crippen LogP contribution in [0.3, 0.4) is 0 Å². The van der Waals surface area contributed by atoms with Gasteiger partial charge in [0.05, 0.1) is 0 Å². The van der Waals surface area contributed by atoms with E-state index in [2.05, 4.69) is 10.6 Å². The lowest BCUT2D eigenvalue weighted by atomic mass is 9.95. The molecule has 0 fully saturated rings. The van der Waals surface area contributed by atoms with Crippen molar-refractivity contribution in [3.05, 3.63) is 77.4 Å². The van der Waals surface area contributed by atoms with Gasteiger partial charge in [-0.3, -0.25) is 9.59 Å². The summed E-state index contributed by atoms with van der Waals surface area (Å²) >= 11 is 0. The highest BCUT2D eigenvalue weighted by Crippen LogP contribution is 2.29. The number of alkyl carbamates (subject to hydrolysis) is 1. The van der Waals surface area contributed by atoms with Crippen molar-refractivity contribution < 1.29 is 19.1 Å². The fourth-order valence-corrected chi connectivity index (χ4v) is 4.26. The van der Waals surface area contributed by atoms with Crippen LogP contribution in [0, 0.1) is 13.8 Å². The molecule has 0 bridgehead atoms. The van der Waals surface area contributed by atoms with Gasteiger partial charge in [0.25, 0.3) is 5.91 Å². The van der Waals surface area contributed by atoms with Crippen LogP contribution in [0.4, 0.5) is 10.5 Å². The molecule has 3 aromatic rings. The van der Waals surface area contributed by atoms with Gasteiger partial charge in [-0.05, 0) is 88.1 Å². The number of anilines is 1. The largest absolute Gasteiger partial charge is 0.444 e. The molecule has 37 heavy (non-hydrogen) atoms. The number of hydrogen-bond donors (Lipinski definition) is 2. The van der Waals surface area contributed by atoms with Crippen LogP contribution in [-0.4, -0.2) is 41.0 Å². The zero-order valence-electron chi connectivity index (χ0n) is 22.7. The number of fused-ring (bicyclic) bond motifs is 1. The van der Waals surface area contributed by atoms with Gasteiger partial charge >= 0.3 is 6.09 Å². The van der Waals surface area contributed by atoms with E-state index in [4.69, 9.17) is 4.74 Å². The van der Waals surface area contributed by atoms with Crippen molar-refractivity contribution in [3.8, 4) is 0 Å². The first kappa shape index (κ1) is 27.7. The van der Waals surface area contributed by atoms with Crippen molar-refractivity contribution in [2.24, 2.45) is 0 Å². The molecule has 196 valence electrons. The number of nitrogens with one attached hydrogen (secondary N) is 2. The lowest BCUT2D eigenvalue weighted by Crippen LogP contribution is -2.51. The van der Waals surface area contributed by atoms with E-state index in [1.807, 2.05) is 81.4 Å². The normalized spacial score (nSPS) is 12.9. The van der Waals surface area contributed by atoms with Crippen molar-refractivity contribution >= 4 is 34.4 Å². The molecule has 7 heteroatoms. The molecule has 0 aromatic heterocycles. The smallest absolute Gasteiger partial charge is 0.408 e. The molecule has 2 atom stereocenters. The van der Waals surface area contributed by atoms with Crippen molar-refractivity contribution in [1.82, 2.24) is 10.2 Å². The number of carbonyl (C=O) groups is 3. The quantitative estimate of drug-likeness (QED) is 0.420. The van der Waals surface area contributed by atoms with Crippen molar-refractivity contribution in [1.29, 1.82) is 0 Å². The third-order valence-corrected chi connectivity index (χ3v) is 6.25. The first-order valence-electron chi connectivity index (χ1n) is 12.6. The Kier molecular flexibility index (Phi) is 8.58. The Morgan fingerprint density at radius 1 is 0.946 bits per heavy atom. The third-order valence-electron chi connectivity index (χ3n) is 6.25. The van der Waals surface area contributed by atoms with Crippen LogP contribution in [0.5, 0.6) is 0 Å². The van der Waals surface area contributed by atoms with E-state index in [9.17, 15) is 14.4 Å². The first-order valence-corrected chi connectivity index (χ1v) is 12.6. The minimum absolute atomic E-state index is 0.266. The first-order chi connectivity index (χ1) is 17.4. The number of carbonyl (C=O) groups excluding carboxylic acids is 3. The minimum atomic E-state index is -0.897. The van der Waals surface area contributed by atoms with Gasteiger partial charge in [0.1, 0.15) is 17.7 Å².